The van der Waals surface area contributed by atoms with Crippen molar-refractivity contribution in [1.82, 2.24) is 14.7 Å². The molecule has 5 nitrogen and oxygen atoms in total. The molecule has 1 aliphatic carbocycles. The van der Waals surface area contributed by atoms with E-state index in [0.717, 1.165) is 24.2 Å². The molecule has 1 aromatic carbocycles. The normalized spacial score (nSPS) is 18.0. The van der Waals surface area contributed by atoms with Crippen molar-refractivity contribution in [2.24, 2.45) is 5.92 Å². The van der Waals surface area contributed by atoms with Gasteiger partial charge in [-0.1, -0.05) is 35.3 Å². The van der Waals surface area contributed by atoms with Gasteiger partial charge in [0.25, 0.3) is 0 Å². The zero-order chi connectivity index (χ0) is 22.2. The monoisotopic (exact) mass is 461 g/mol. The first-order valence-corrected chi connectivity index (χ1v) is 11.7. The highest BCUT2D eigenvalue weighted by Crippen LogP contribution is 2.43. The first kappa shape index (κ1) is 22.2. The van der Waals surface area contributed by atoms with Crippen LogP contribution in [0.1, 0.15) is 63.6 Å². The van der Waals surface area contributed by atoms with Gasteiger partial charge in [-0.25, -0.2) is 9.48 Å². The van der Waals surface area contributed by atoms with Crippen LogP contribution in [0, 0.1) is 5.92 Å². The number of benzene rings is 1. The summed E-state index contributed by atoms with van der Waals surface area (Å²) in [6, 6.07) is 5.51. The van der Waals surface area contributed by atoms with Gasteiger partial charge in [0.2, 0.25) is 0 Å². The fraction of sp³-hybridized carbons (Fsp3) is 0.500. The number of allylic oxidation sites excluding steroid dienone is 1. The summed E-state index contributed by atoms with van der Waals surface area (Å²) >= 11 is 12.9. The van der Waals surface area contributed by atoms with Crippen LogP contribution in [-0.4, -0.2) is 39.5 Å². The SMILES string of the molecule is CC(C)(C)OC(=O)N1CCC(/C=C\c2c(C3CC3)cnn2-c2c(Cl)cccc2Cl)CC1. The number of carbonyl (C=O) groups is 1. The molecular weight excluding hydrogens is 433 g/mol. The lowest BCUT2D eigenvalue weighted by atomic mass is 9.96. The number of rotatable bonds is 4. The standard InChI is InChI=1S/C24H29Cl2N3O2/c1-24(2,3)31-23(30)28-13-11-16(12-14-28)7-10-21-18(17-8-9-17)15-27-29(21)22-19(25)5-4-6-20(22)26/h4-7,10,15-17H,8-9,11-14H2,1-3H3/b10-7-. The summed E-state index contributed by atoms with van der Waals surface area (Å²) < 4.78 is 7.37. The number of amides is 1. The van der Waals surface area contributed by atoms with Gasteiger partial charge < -0.3 is 9.64 Å². The van der Waals surface area contributed by atoms with Crippen molar-refractivity contribution in [2.75, 3.05) is 13.1 Å². The number of nitrogens with zero attached hydrogens (tertiary/aromatic N) is 3. The highest BCUT2D eigenvalue weighted by atomic mass is 35.5. The van der Waals surface area contributed by atoms with Crippen molar-refractivity contribution >= 4 is 35.4 Å². The van der Waals surface area contributed by atoms with Crippen LogP contribution in [0.25, 0.3) is 11.8 Å². The Hall–Kier alpha value is -1.98. The minimum absolute atomic E-state index is 0.225. The number of aromatic nitrogens is 2. The molecular formula is C24H29Cl2N3O2. The Bertz CT molecular complexity index is 961. The van der Waals surface area contributed by atoms with E-state index in [1.807, 2.05) is 49.8 Å². The Morgan fingerprint density at radius 1 is 1.13 bits per heavy atom. The summed E-state index contributed by atoms with van der Waals surface area (Å²) in [6.07, 6.45) is 10.3. The second kappa shape index (κ2) is 8.87. The molecule has 1 amide bonds. The summed E-state index contributed by atoms with van der Waals surface area (Å²) in [5.74, 6) is 0.958. The number of halogens is 2. The average Bonchev–Trinajstić information content (AvgIpc) is 3.46. The minimum Gasteiger partial charge on any atom is -0.444 e. The molecule has 0 N–H and O–H groups in total. The topological polar surface area (TPSA) is 47.4 Å². The van der Waals surface area contributed by atoms with Crippen molar-refractivity contribution in [3.8, 4) is 5.69 Å². The number of hydrogen-bond donors (Lipinski definition) is 0. The molecule has 7 heteroatoms. The fourth-order valence-corrected chi connectivity index (χ4v) is 4.50. The Labute approximate surface area is 194 Å². The first-order valence-electron chi connectivity index (χ1n) is 10.9. The number of likely N-dealkylation sites (tertiary alicyclic amines) is 1. The van der Waals surface area contributed by atoms with Crippen molar-refractivity contribution < 1.29 is 9.53 Å². The maximum Gasteiger partial charge on any atom is 0.410 e. The number of carbonyl (C=O) groups excluding carboxylic acids is 1. The van der Waals surface area contributed by atoms with Gasteiger partial charge in [0, 0.05) is 18.7 Å². The van der Waals surface area contributed by atoms with E-state index in [2.05, 4.69) is 17.3 Å². The van der Waals surface area contributed by atoms with Crippen molar-refractivity contribution in [3.63, 3.8) is 0 Å². The maximum absolute atomic E-state index is 12.3. The third kappa shape index (κ3) is 5.27. The molecule has 0 bridgehead atoms. The van der Waals surface area contributed by atoms with Crippen LogP contribution in [0.3, 0.4) is 0 Å². The zero-order valence-corrected chi connectivity index (χ0v) is 19.8. The lowest BCUT2D eigenvalue weighted by Crippen LogP contribution is -2.41. The van der Waals surface area contributed by atoms with Gasteiger partial charge in [-0.05, 0) is 76.5 Å². The molecule has 31 heavy (non-hydrogen) atoms. The van der Waals surface area contributed by atoms with Crippen LogP contribution < -0.4 is 0 Å². The zero-order valence-electron chi connectivity index (χ0n) is 18.3. The Morgan fingerprint density at radius 2 is 1.77 bits per heavy atom. The van der Waals surface area contributed by atoms with Crippen molar-refractivity contribution in [2.45, 2.75) is 58.0 Å². The summed E-state index contributed by atoms with van der Waals surface area (Å²) in [5.41, 5.74) is 2.55. The molecule has 2 aliphatic rings. The van der Waals surface area contributed by atoms with Crippen molar-refractivity contribution in [3.05, 3.63) is 51.8 Å². The average molecular weight is 462 g/mol. The van der Waals surface area contributed by atoms with Gasteiger partial charge >= 0.3 is 6.09 Å². The summed E-state index contributed by atoms with van der Waals surface area (Å²) in [6.45, 7) is 7.09. The summed E-state index contributed by atoms with van der Waals surface area (Å²) in [4.78, 5) is 14.1. The molecule has 1 aromatic heterocycles. The highest BCUT2D eigenvalue weighted by molar-refractivity contribution is 6.37. The molecule has 2 heterocycles. The first-order chi connectivity index (χ1) is 14.7. The van der Waals surface area contributed by atoms with Crippen molar-refractivity contribution in [1.29, 1.82) is 0 Å². The number of para-hydroxylation sites is 1. The molecule has 2 fully saturated rings. The second-order valence-electron chi connectivity index (χ2n) is 9.41. The molecule has 2 aromatic rings. The van der Waals surface area contributed by atoms with Gasteiger partial charge in [-0.2, -0.15) is 5.10 Å². The van der Waals surface area contributed by atoms with Gasteiger partial charge in [-0.3, -0.25) is 0 Å². The minimum atomic E-state index is -0.467. The fourth-order valence-electron chi connectivity index (χ4n) is 3.94. The summed E-state index contributed by atoms with van der Waals surface area (Å²) in [5, 5.41) is 5.79. The van der Waals surface area contributed by atoms with Crippen LogP contribution in [-0.2, 0) is 4.74 Å². The number of piperidine rings is 1. The van der Waals surface area contributed by atoms with E-state index < -0.39 is 5.60 Å². The lowest BCUT2D eigenvalue weighted by molar-refractivity contribution is 0.0197. The van der Waals surface area contributed by atoms with E-state index in [9.17, 15) is 4.79 Å². The van der Waals surface area contributed by atoms with E-state index in [0.29, 0.717) is 35.0 Å². The quantitative estimate of drug-likeness (QED) is 0.507. The van der Waals surface area contributed by atoms with Gasteiger partial charge in [-0.15, -0.1) is 0 Å². The van der Waals surface area contributed by atoms with Crippen LogP contribution in [0.5, 0.6) is 0 Å². The largest absolute Gasteiger partial charge is 0.444 e. The Balaban J connectivity index is 1.50. The molecule has 0 unspecified atom stereocenters. The third-order valence-electron chi connectivity index (χ3n) is 5.72. The summed E-state index contributed by atoms with van der Waals surface area (Å²) in [7, 11) is 0. The van der Waals surface area contributed by atoms with Gasteiger partial charge in [0.15, 0.2) is 0 Å². The van der Waals surface area contributed by atoms with Crippen LogP contribution in [0.2, 0.25) is 10.0 Å². The molecule has 0 spiro atoms. The molecule has 1 aliphatic heterocycles. The molecule has 1 saturated heterocycles. The predicted octanol–water partition coefficient (Wildman–Crippen LogP) is 6.72. The smallest absolute Gasteiger partial charge is 0.410 e. The second-order valence-corrected chi connectivity index (χ2v) is 10.2. The molecule has 1 saturated carbocycles. The number of ether oxygens (including phenoxy) is 1. The third-order valence-corrected chi connectivity index (χ3v) is 6.33. The van der Waals surface area contributed by atoms with Crippen LogP contribution in [0.15, 0.2) is 30.5 Å². The Morgan fingerprint density at radius 3 is 2.35 bits per heavy atom. The van der Waals surface area contributed by atoms with E-state index in [-0.39, 0.29) is 6.09 Å². The maximum atomic E-state index is 12.3. The van der Waals surface area contributed by atoms with Crippen LogP contribution >= 0.6 is 23.2 Å². The molecule has 0 radical (unpaired) electrons. The van der Waals surface area contributed by atoms with Gasteiger partial charge in [0.1, 0.15) is 11.3 Å². The van der Waals surface area contributed by atoms with E-state index in [1.165, 1.54) is 18.4 Å². The van der Waals surface area contributed by atoms with E-state index >= 15 is 0 Å². The van der Waals surface area contributed by atoms with E-state index in [1.54, 1.807) is 4.90 Å². The highest BCUT2D eigenvalue weighted by Gasteiger charge is 2.30. The Kier molecular flexibility index (Phi) is 6.36. The van der Waals surface area contributed by atoms with E-state index in [4.69, 9.17) is 27.9 Å². The van der Waals surface area contributed by atoms with Gasteiger partial charge in [0.05, 0.1) is 21.9 Å². The molecule has 0 atom stereocenters. The lowest BCUT2D eigenvalue weighted by Gasteiger charge is -2.32. The molecule has 166 valence electrons. The molecule has 4 rings (SSSR count). The van der Waals surface area contributed by atoms with Crippen LogP contribution in [0.4, 0.5) is 4.79 Å². The predicted molar refractivity (Wildman–Crippen MR) is 125 cm³/mol. The number of hydrogen-bond acceptors (Lipinski definition) is 3.